The lowest BCUT2D eigenvalue weighted by Crippen LogP contribution is -2.56. The van der Waals surface area contributed by atoms with Gasteiger partial charge in [-0.15, -0.1) is 13.2 Å². The third-order valence-electron chi connectivity index (χ3n) is 7.11. The smallest absolute Gasteiger partial charge is 0.481 e. The van der Waals surface area contributed by atoms with E-state index in [-0.39, 0.29) is 31.8 Å². The van der Waals surface area contributed by atoms with Crippen LogP contribution < -0.4 is 9.64 Å². The molecular weight excluding hydrogens is 522 g/mol. The maximum Gasteiger partial charge on any atom is 0.573 e. The van der Waals surface area contributed by atoms with Crippen molar-refractivity contribution in [3.63, 3.8) is 0 Å². The summed E-state index contributed by atoms with van der Waals surface area (Å²) in [7, 11) is 0. The quantitative estimate of drug-likeness (QED) is 0.260. The van der Waals surface area contributed by atoms with Gasteiger partial charge in [-0.25, -0.2) is 4.79 Å². The normalized spacial score (nSPS) is 17.3. The number of anilines is 1. The number of nitrogens with zero attached hydrogens (tertiary/aromatic N) is 3. The SMILES string of the molecule is O=C(O)Cc1cccc(N2CCC3(CC2)C(=O)N(CCCCF)C(=O)N3Cc2ccc(OC(F)(F)F)cc2)c1. The van der Waals surface area contributed by atoms with Crippen molar-refractivity contribution in [3.05, 3.63) is 59.7 Å². The Bertz CT molecular complexity index is 1200. The number of carboxylic acid groups (broad SMARTS) is 1. The van der Waals surface area contributed by atoms with Crippen LogP contribution in [-0.2, 0) is 22.6 Å². The van der Waals surface area contributed by atoms with Gasteiger partial charge < -0.3 is 19.6 Å². The average Bonchev–Trinajstić information content (AvgIpc) is 3.06. The minimum Gasteiger partial charge on any atom is -0.481 e. The number of carboxylic acids is 1. The summed E-state index contributed by atoms with van der Waals surface area (Å²) in [4.78, 5) is 42.9. The maximum absolute atomic E-state index is 13.7. The number of unbranched alkanes of at least 4 members (excludes halogenated alkanes) is 1. The summed E-state index contributed by atoms with van der Waals surface area (Å²) >= 11 is 0. The average molecular weight is 552 g/mol. The molecule has 0 saturated carbocycles. The fraction of sp³-hybridized carbons (Fsp3) is 0.444. The van der Waals surface area contributed by atoms with E-state index in [2.05, 4.69) is 4.74 Å². The number of halogens is 4. The van der Waals surface area contributed by atoms with Crippen LogP contribution in [0, 0.1) is 0 Å². The summed E-state index contributed by atoms with van der Waals surface area (Å²) in [6.45, 7) is 0.364. The molecule has 0 radical (unpaired) electrons. The van der Waals surface area contributed by atoms with Crippen LogP contribution in [0.1, 0.15) is 36.8 Å². The van der Waals surface area contributed by atoms with E-state index in [1.807, 2.05) is 11.0 Å². The second-order valence-corrected chi connectivity index (χ2v) is 9.67. The minimum atomic E-state index is -4.83. The molecule has 2 fully saturated rings. The van der Waals surface area contributed by atoms with E-state index in [1.54, 1.807) is 18.2 Å². The van der Waals surface area contributed by atoms with Crippen molar-refractivity contribution in [1.29, 1.82) is 0 Å². The van der Waals surface area contributed by atoms with E-state index in [1.165, 1.54) is 17.0 Å². The van der Waals surface area contributed by atoms with E-state index >= 15 is 0 Å². The van der Waals surface area contributed by atoms with Crippen LogP contribution in [0.25, 0.3) is 0 Å². The second kappa shape index (κ2) is 11.5. The molecular formula is C27H29F4N3O5. The molecule has 3 amide bonds. The molecule has 2 aliphatic heterocycles. The number of ether oxygens (including phenoxy) is 1. The zero-order valence-electron chi connectivity index (χ0n) is 21.1. The molecule has 2 aromatic rings. The van der Waals surface area contributed by atoms with Crippen LogP contribution in [0.3, 0.4) is 0 Å². The number of carbonyl (C=O) groups is 3. The van der Waals surface area contributed by atoms with Crippen molar-refractivity contribution < 1.29 is 41.8 Å². The van der Waals surface area contributed by atoms with Crippen molar-refractivity contribution in [2.24, 2.45) is 0 Å². The summed E-state index contributed by atoms with van der Waals surface area (Å²) in [5, 5.41) is 9.11. The van der Waals surface area contributed by atoms with Gasteiger partial charge in [0.2, 0.25) is 0 Å². The first-order valence-corrected chi connectivity index (χ1v) is 12.6. The Morgan fingerprint density at radius 3 is 2.31 bits per heavy atom. The van der Waals surface area contributed by atoms with Crippen LogP contribution in [0.5, 0.6) is 5.75 Å². The molecule has 1 spiro atoms. The number of carbonyl (C=O) groups excluding carboxylic acids is 2. The zero-order chi connectivity index (χ0) is 28.2. The molecule has 8 nitrogen and oxygen atoms in total. The van der Waals surface area contributed by atoms with Crippen LogP contribution in [0.2, 0.25) is 0 Å². The number of amides is 3. The third kappa shape index (κ3) is 6.43. The largest absolute Gasteiger partial charge is 0.573 e. The lowest BCUT2D eigenvalue weighted by molar-refractivity contribution is -0.274. The van der Waals surface area contributed by atoms with Crippen molar-refractivity contribution in [2.75, 3.05) is 31.2 Å². The molecule has 0 atom stereocenters. The van der Waals surface area contributed by atoms with Gasteiger partial charge in [0.25, 0.3) is 5.91 Å². The molecule has 2 heterocycles. The van der Waals surface area contributed by atoms with E-state index in [0.29, 0.717) is 43.5 Å². The fourth-order valence-corrected chi connectivity index (χ4v) is 5.20. The van der Waals surface area contributed by atoms with E-state index < -0.39 is 36.3 Å². The fourth-order valence-electron chi connectivity index (χ4n) is 5.20. The van der Waals surface area contributed by atoms with Crippen LogP contribution in [0.15, 0.2) is 48.5 Å². The topological polar surface area (TPSA) is 90.4 Å². The number of urea groups is 1. The number of piperidine rings is 1. The summed E-state index contributed by atoms with van der Waals surface area (Å²) in [5.74, 6) is -1.69. The van der Waals surface area contributed by atoms with Crippen LogP contribution >= 0.6 is 0 Å². The number of benzene rings is 2. The molecule has 210 valence electrons. The van der Waals surface area contributed by atoms with Gasteiger partial charge in [-0.05, 0) is 61.1 Å². The molecule has 2 aromatic carbocycles. The number of aliphatic carboxylic acids is 1. The summed E-state index contributed by atoms with van der Waals surface area (Å²) in [6.07, 6.45) is -3.81. The van der Waals surface area contributed by atoms with Crippen LogP contribution in [-0.4, -0.2) is 71.0 Å². The van der Waals surface area contributed by atoms with Gasteiger partial charge in [-0.1, -0.05) is 24.3 Å². The van der Waals surface area contributed by atoms with E-state index in [0.717, 1.165) is 22.7 Å². The molecule has 0 unspecified atom stereocenters. The third-order valence-corrected chi connectivity index (χ3v) is 7.11. The van der Waals surface area contributed by atoms with E-state index in [4.69, 9.17) is 5.11 Å². The highest BCUT2D eigenvalue weighted by molar-refractivity contribution is 6.07. The lowest BCUT2D eigenvalue weighted by atomic mass is 9.85. The molecule has 2 aliphatic rings. The Morgan fingerprint density at radius 2 is 1.69 bits per heavy atom. The predicted octanol–water partition coefficient (Wildman–Crippen LogP) is 4.77. The lowest BCUT2D eigenvalue weighted by Gasteiger charge is -2.43. The van der Waals surface area contributed by atoms with Gasteiger partial charge >= 0.3 is 18.4 Å². The Balaban J connectivity index is 1.55. The first-order valence-electron chi connectivity index (χ1n) is 12.6. The number of alkyl halides is 4. The molecule has 0 bridgehead atoms. The van der Waals surface area contributed by atoms with Gasteiger partial charge in [-0.2, -0.15) is 0 Å². The summed E-state index contributed by atoms with van der Waals surface area (Å²) in [6, 6.07) is 11.8. The monoisotopic (exact) mass is 551 g/mol. The number of hydrogen-bond acceptors (Lipinski definition) is 5. The number of imide groups is 1. The van der Waals surface area contributed by atoms with Crippen molar-refractivity contribution >= 4 is 23.6 Å². The standard InChI is InChI=1S/C27H29F4N3O5/c28-12-1-2-13-33-24(37)26(10-14-32(15-11-26)21-5-3-4-20(16-21)17-23(35)36)34(25(33)38)18-19-6-8-22(9-7-19)39-27(29,30)31/h3-9,16H,1-2,10-15,17-18H2,(H,35,36). The van der Waals surface area contributed by atoms with Crippen LogP contribution in [0.4, 0.5) is 28.0 Å². The number of rotatable bonds is 10. The highest BCUT2D eigenvalue weighted by atomic mass is 19.4. The van der Waals surface area contributed by atoms with Crippen molar-refractivity contribution in [1.82, 2.24) is 9.80 Å². The Kier molecular flexibility index (Phi) is 8.31. The van der Waals surface area contributed by atoms with Gasteiger partial charge in [-0.3, -0.25) is 18.9 Å². The molecule has 1 N–H and O–H groups in total. The van der Waals surface area contributed by atoms with Gasteiger partial charge in [0.05, 0.1) is 13.1 Å². The highest BCUT2D eigenvalue weighted by Gasteiger charge is 2.57. The summed E-state index contributed by atoms with van der Waals surface area (Å²) in [5.41, 5.74) is 0.834. The maximum atomic E-state index is 13.7. The molecule has 0 aliphatic carbocycles. The van der Waals surface area contributed by atoms with Gasteiger partial charge in [0.1, 0.15) is 11.3 Å². The first-order chi connectivity index (χ1) is 18.5. The Hall–Kier alpha value is -3.83. The number of hydrogen-bond donors (Lipinski definition) is 1. The summed E-state index contributed by atoms with van der Waals surface area (Å²) < 4.78 is 54.2. The van der Waals surface area contributed by atoms with Crippen molar-refractivity contribution in [3.8, 4) is 5.75 Å². The molecule has 2 saturated heterocycles. The minimum absolute atomic E-state index is 0.00454. The predicted molar refractivity (Wildman–Crippen MR) is 133 cm³/mol. The van der Waals surface area contributed by atoms with Crippen molar-refractivity contribution in [2.45, 2.75) is 50.6 Å². The second-order valence-electron chi connectivity index (χ2n) is 9.67. The Labute approximate surface area is 222 Å². The first kappa shape index (κ1) is 28.2. The zero-order valence-corrected chi connectivity index (χ0v) is 21.1. The van der Waals surface area contributed by atoms with Gasteiger partial charge in [0, 0.05) is 31.9 Å². The Morgan fingerprint density at radius 1 is 1.00 bits per heavy atom. The highest BCUT2D eigenvalue weighted by Crippen LogP contribution is 2.40. The van der Waals surface area contributed by atoms with E-state index in [9.17, 15) is 31.9 Å². The molecule has 0 aromatic heterocycles. The van der Waals surface area contributed by atoms with Gasteiger partial charge in [0.15, 0.2) is 0 Å². The molecule has 12 heteroatoms. The molecule has 39 heavy (non-hydrogen) atoms. The molecule has 4 rings (SSSR count).